The first kappa shape index (κ1) is 13.0. The zero-order valence-electron chi connectivity index (χ0n) is 10.9. The smallest absolute Gasteiger partial charge is 0.0642 e. The Labute approximate surface area is 98.2 Å². The summed E-state index contributed by atoms with van der Waals surface area (Å²) in [6.07, 6.45) is 4.63. The second-order valence-corrected chi connectivity index (χ2v) is 4.90. The Balaban J connectivity index is 2.58. The molecule has 1 aromatic rings. The van der Waals surface area contributed by atoms with E-state index in [4.69, 9.17) is 4.74 Å². The molecule has 0 amide bonds. The normalized spacial score (nSPS) is 13.6. The van der Waals surface area contributed by atoms with Gasteiger partial charge in [0.25, 0.3) is 0 Å². The van der Waals surface area contributed by atoms with Gasteiger partial charge in [-0.1, -0.05) is 0 Å². The molecule has 1 heterocycles. The minimum atomic E-state index is -0.0947. The van der Waals surface area contributed by atoms with Gasteiger partial charge in [0.05, 0.1) is 17.5 Å². The Morgan fingerprint density at radius 1 is 1.50 bits per heavy atom. The molecular formula is C13H22N2O. The van der Waals surface area contributed by atoms with Crippen LogP contribution in [0.4, 0.5) is 5.69 Å². The third-order valence-corrected chi connectivity index (χ3v) is 2.79. The number of pyridine rings is 1. The van der Waals surface area contributed by atoms with Crippen LogP contribution in [0.5, 0.6) is 0 Å². The third-order valence-electron chi connectivity index (χ3n) is 2.79. The first-order valence-corrected chi connectivity index (χ1v) is 5.67. The number of aromatic nitrogens is 1. The highest BCUT2D eigenvalue weighted by Gasteiger charge is 2.20. The van der Waals surface area contributed by atoms with Gasteiger partial charge in [0.2, 0.25) is 0 Å². The number of ether oxygens (including phenoxy) is 1. The number of methoxy groups -OCH3 is 1. The molecule has 1 aromatic heterocycles. The number of nitrogens with one attached hydrogen (secondary N) is 1. The van der Waals surface area contributed by atoms with Crippen molar-refractivity contribution >= 4 is 5.69 Å². The summed E-state index contributed by atoms with van der Waals surface area (Å²) < 4.78 is 5.42. The third kappa shape index (κ3) is 3.81. The largest absolute Gasteiger partial charge is 0.381 e. The SMILES string of the molecule is COC(C)(C)CC(C)Nc1cnccc1C. The summed E-state index contributed by atoms with van der Waals surface area (Å²) >= 11 is 0. The minimum absolute atomic E-state index is 0.0947. The molecule has 3 heteroatoms. The fraction of sp³-hybridized carbons (Fsp3) is 0.615. The Morgan fingerprint density at radius 2 is 2.19 bits per heavy atom. The lowest BCUT2D eigenvalue weighted by Crippen LogP contribution is -2.31. The molecule has 1 unspecified atom stereocenters. The van der Waals surface area contributed by atoms with Gasteiger partial charge < -0.3 is 10.1 Å². The van der Waals surface area contributed by atoms with Crippen molar-refractivity contribution in [1.29, 1.82) is 0 Å². The summed E-state index contributed by atoms with van der Waals surface area (Å²) in [6.45, 7) is 8.44. The maximum absolute atomic E-state index is 5.42. The molecule has 16 heavy (non-hydrogen) atoms. The maximum atomic E-state index is 5.42. The van der Waals surface area contributed by atoms with Gasteiger partial charge >= 0.3 is 0 Å². The van der Waals surface area contributed by atoms with Crippen molar-refractivity contribution in [3.63, 3.8) is 0 Å². The summed E-state index contributed by atoms with van der Waals surface area (Å²) in [4.78, 5) is 4.12. The van der Waals surface area contributed by atoms with Crippen molar-refractivity contribution in [3.05, 3.63) is 24.0 Å². The summed E-state index contributed by atoms with van der Waals surface area (Å²) in [7, 11) is 1.75. The molecule has 0 aliphatic heterocycles. The molecule has 0 bridgehead atoms. The molecule has 3 nitrogen and oxygen atoms in total. The number of aryl methyl sites for hydroxylation is 1. The molecule has 0 aliphatic carbocycles. The first-order valence-electron chi connectivity index (χ1n) is 5.67. The lowest BCUT2D eigenvalue weighted by atomic mass is 9.99. The molecule has 1 rings (SSSR count). The van der Waals surface area contributed by atoms with Crippen LogP contribution < -0.4 is 5.32 Å². The van der Waals surface area contributed by atoms with Crippen molar-refractivity contribution < 1.29 is 4.74 Å². The van der Waals surface area contributed by atoms with Crippen molar-refractivity contribution in [2.75, 3.05) is 12.4 Å². The van der Waals surface area contributed by atoms with Gasteiger partial charge in [-0.15, -0.1) is 0 Å². The number of anilines is 1. The van der Waals surface area contributed by atoms with Crippen LogP contribution in [-0.4, -0.2) is 23.7 Å². The predicted octanol–water partition coefficient (Wildman–Crippen LogP) is 3.01. The van der Waals surface area contributed by atoms with E-state index in [1.807, 2.05) is 18.5 Å². The van der Waals surface area contributed by atoms with Crippen molar-refractivity contribution in [2.45, 2.75) is 45.8 Å². The van der Waals surface area contributed by atoms with Gasteiger partial charge in [-0.05, 0) is 45.7 Å². The lowest BCUT2D eigenvalue weighted by molar-refractivity contribution is 0.0128. The van der Waals surface area contributed by atoms with E-state index in [1.54, 1.807) is 7.11 Å². The van der Waals surface area contributed by atoms with Crippen LogP contribution in [0, 0.1) is 6.92 Å². The molecular weight excluding hydrogens is 200 g/mol. The standard InChI is InChI=1S/C13H22N2O/c1-10-6-7-14-9-12(10)15-11(2)8-13(3,4)16-5/h6-7,9,11,15H,8H2,1-5H3. The van der Waals surface area contributed by atoms with Crippen LogP contribution in [0.3, 0.4) is 0 Å². The van der Waals surface area contributed by atoms with Crippen LogP contribution in [0.15, 0.2) is 18.5 Å². The van der Waals surface area contributed by atoms with E-state index in [0.29, 0.717) is 6.04 Å². The molecule has 0 aliphatic rings. The van der Waals surface area contributed by atoms with Crippen molar-refractivity contribution in [2.24, 2.45) is 0 Å². The molecule has 0 saturated heterocycles. The van der Waals surface area contributed by atoms with Crippen LogP contribution in [0.2, 0.25) is 0 Å². The Morgan fingerprint density at radius 3 is 2.75 bits per heavy atom. The van der Waals surface area contributed by atoms with E-state index in [9.17, 15) is 0 Å². The molecule has 0 aromatic carbocycles. The summed E-state index contributed by atoms with van der Waals surface area (Å²) in [5.41, 5.74) is 2.22. The number of nitrogens with zero attached hydrogens (tertiary/aromatic N) is 1. The maximum Gasteiger partial charge on any atom is 0.0642 e. The number of hydrogen-bond acceptors (Lipinski definition) is 3. The second kappa shape index (κ2) is 5.30. The van der Waals surface area contributed by atoms with Gasteiger partial charge in [0.1, 0.15) is 0 Å². The second-order valence-electron chi connectivity index (χ2n) is 4.90. The zero-order chi connectivity index (χ0) is 12.2. The quantitative estimate of drug-likeness (QED) is 0.831. The number of rotatable bonds is 5. The highest BCUT2D eigenvalue weighted by atomic mass is 16.5. The highest BCUT2D eigenvalue weighted by molar-refractivity contribution is 5.48. The molecule has 1 N–H and O–H groups in total. The fourth-order valence-electron chi connectivity index (χ4n) is 1.75. The molecule has 90 valence electrons. The Kier molecular flexibility index (Phi) is 4.30. The van der Waals surface area contributed by atoms with E-state index >= 15 is 0 Å². The van der Waals surface area contributed by atoms with Crippen LogP contribution >= 0.6 is 0 Å². The Bertz CT molecular complexity index is 336. The lowest BCUT2D eigenvalue weighted by Gasteiger charge is -2.27. The van der Waals surface area contributed by atoms with Gasteiger partial charge in [0, 0.05) is 19.3 Å². The molecule has 0 spiro atoms. The number of hydrogen-bond donors (Lipinski definition) is 1. The van der Waals surface area contributed by atoms with Crippen LogP contribution in [0.25, 0.3) is 0 Å². The molecule has 0 saturated carbocycles. The zero-order valence-corrected chi connectivity index (χ0v) is 10.9. The average Bonchev–Trinajstić information content (AvgIpc) is 2.21. The molecule has 1 atom stereocenters. The average molecular weight is 222 g/mol. The molecule has 0 fully saturated rings. The van der Waals surface area contributed by atoms with Gasteiger partial charge in [0.15, 0.2) is 0 Å². The van der Waals surface area contributed by atoms with Crippen molar-refractivity contribution in [3.8, 4) is 0 Å². The van der Waals surface area contributed by atoms with E-state index in [2.05, 4.69) is 38.0 Å². The first-order chi connectivity index (χ1) is 7.44. The highest BCUT2D eigenvalue weighted by Crippen LogP contribution is 2.19. The fourth-order valence-corrected chi connectivity index (χ4v) is 1.75. The van der Waals surface area contributed by atoms with E-state index in [1.165, 1.54) is 5.56 Å². The summed E-state index contributed by atoms with van der Waals surface area (Å²) in [5.74, 6) is 0. The monoisotopic (exact) mass is 222 g/mol. The van der Waals surface area contributed by atoms with E-state index in [0.717, 1.165) is 12.1 Å². The summed E-state index contributed by atoms with van der Waals surface area (Å²) in [6, 6.07) is 2.37. The van der Waals surface area contributed by atoms with E-state index < -0.39 is 0 Å². The summed E-state index contributed by atoms with van der Waals surface area (Å²) in [5, 5.41) is 3.46. The van der Waals surface area contributed by atoms with Crippen LogP contribution in [-0.2, 0) is 4.74 Å². The van der Waals surface area contributed by atoms with Gasteiger partial charge in [-0.2, -0.15) is 0 Å². The minimum Gasteiger partial charge on any atom is -0.381 e. The topological polar surface area (TPSA) is 34.1 Å². The van der Waals surface area contributed by atoms with Crippen molar-refractivity contribution in [1.82, 2.24) is 4.98 Å². The van der Waals surface area contributed by atoms with Gasteiger partial charge in [-0.25, -0.2) is 0 Å². The predicted molar refractivity (Wildman–Crippen MR) is 67.8 cm³/mol. The Hall–Kier alpha value is -1.09. The molecule has 0 radical (unpaired) electrons. The van der Waals surface area contributed by atoms with Gasteiger partial charge in [-0.3, -0.25) is 4.98 Å². The van der Waals surface area contributed by atoms with Crippen LogP contribution in [0.1, 0.15) is 32.8 Å². The van der Waals surface area contributed by atoms with E-state index in [-0.39, 0.29) is 5.60 Å².